The first kappa shape index (κ1) is 12.8. The largest absolute Gasteiger partial charge is 0.367 e. The highest BCUT2D eigenvalue weighted by Gasteiger charge is 2.28. The zero-order valence-electron chi connectivity index (χ0n) is 10.9. The summed E-state index contributed by atoms with van der Waals surface area (Å²) in [6.07, 6.45) is 2.42. The summed E-state index contributed by atoms with van der Waals surface area (Å²) in [5.74, 6) is 1.51. The standard InChI is InChI=1S/C13H24N2O2/c1-10(2)11-4-6-15(8-11)13(16)9-17-12-3-5-14-7-12/h10-12,14H,3-9H2,1-2H3. The van der Waals surface area contributed by atoms with Gasteiger partial charge in [-0.15, -0.1) is 0 Å². The Morgan fingerprint density at radius 1 is 1.47 bits per heavy atom. The zero-order chi connectivity index (χ0) is 12.3. The monoisotopic (exact) mass is 240 g/mol. The summed E-state index contributed by atoms with van der Waals surface area (Å²) in [4.78, 5) is 13.9. The van der Waals surface area contributed by atoms with Gasteiger partial charge in [0.05, 0.1) is 6.10 Å². The molecule has 2 fully saturated rings. The van der Waals surface area contributed by atoms with Gasteiger partial charge in [-0.3, -0.25) is 4.79 Å². The Labute approximate surface area is 104 Å². The second-order valence-electron chi connectivity index (χ2n) is 5.56. The van der Waals surface area contributed by atoms with Gasteiger partial charge in [0.25, 0.3) is 0 Å². The predicted octanol–water partition coefficient (Wildman–Crippen LogP) is 0.869. The minimum absolute atomic E-state index is 0.167. The van der Waals surface area contributed by atoms with Gasteiger partial charge in [-0.25, -0.2) is 0 Å². The highest BCUT2D eigenvalue weighted by atomic mass is 16.5. The van der Waals surface area contributed by atoms with Crippen LogP contribution in [0.1, 0.15) is 26.7 Å². The second-order valence-corrected chi connectivity index (χ2v) is 5.56. The lowest BCUT2D eigenvalue weighted by molar-refractivity contribution is -0.136. The van der Waals surface area contributed by atoms with Crippen LogP contribution in [0.15, 0.2) is 0 Å². The van der Waals surface area contributed by atoms with Crippen LogP contribution >= 0.6 is 0 Å². The summed E-state index contributed by atoms with van der Waals surface area (Å²) in [6, 6.07) is 0. The first-order valence-corrected chi connectivity index (χ1v) is 6.77. The number of hydrogen-bond donors (Lipinski definition) is 1. The van der Waals surface area contributed by atoms with E-state index in [1.165, 1.54) is 0 Å². The molecule has 0 radical (unpaired) electrons. The van der Waals surface area contributed by atoms with Gasteiger partial charge in [-0.1, -0.05) is 13.8 Å². The van der Waals surface area contributed by atoms with Crippen LogP contribution in [0.3, 0.4) is 0 Å². The Morgan fingerprint density at radius 3 is 2.88 bits per heavy atom. The molecule has 0 aromatic rings. The number of carbonyl (C=O) groups excluding carboxylic acids is 1. The third-order valence-electron chi connectivity index (χ3n) is 3.98. The number of hydrogen-bond acceptors (Lipinski definition) is 3. The van der Waals surface area contributed by atoms with Gasteiger partial charge in [0.1, 0.15) is 6.61 Å². The molecule has 4 heteroatoms. The van der Waals surface area contributed by atoms with E-state index in [-0.39, 0.29) is 18.6 Å². The van der Waals surface area contributed by atoms with Crippen molar-refractivity contribution >= 4 is 5.91 Å². The zero-order valence-corrected chi connectivity index (χ0v) is 10.9. The molecule has 2 aliphatic rings. The van der Waals surface area contributed by atoms with E-state index in [1.54, 1.807) is 0 Å². The Hall–Kier alpha value is -0.610. The van der Waals surface area contributed by atoms with E-state index < -0.39 is 0 Å². The quantitative estimate of drug-likeness (QED) is 0.793. The number of amides is 1. The maximum Gasteiger partial charge on any atom is 0.248 e. The van der Waals surface area contributed by atoms with E-state index in [0.717, 1.165) is 39.0 Å². The van der Waals surface area contributed by atoms with Crippen LogP contribution in [0.25, 0.3) is 0 Å². The van der Waals surface area contributed by atoms with Crippen LogP contribution in [0.2, 0.25) is 0 Å². The average Bonchev–Trinajstić information content (AvgIpc) is 2.96. The summed E-state index contributed by atoms with van der Waals surface area (Å²) in [5, 5.41) is 3.24. The van der Waals surface area contributed by atoms with Crippen molar-refractivity contribution in [3.05, 3.63) is 0 Å². The van der Waals surface area contributed by atoms with Crippen molar-refractivity contribution in [2.75, 3.05) is 32.8 Å². The average molecular weight is 240 g/mol. The molecule has 4 nitrogen and oxygen atoms in total. The molecule has 0 saturated carbocycles. The molecule has 1 N–H and O–H groups in total. The summed E-state index contributed by atoms with van der Waals surface area (Å²) < 4.78 is 5.62. The van der Waals surface area contributed by atoms with Crippen molar-refractivity contribution in [1.29, 1.82) is 0 Å². The van der Waals surface area contributed by atoms with Crippen LogP contribution in [0.5, 0.6) is 0 Å². The maximum absolute atomic E-state index is 12.0. The van der Waals surface area contributed by atoms with Crippen molar-refractivity contribution in [3.63, 3.8) is 0 Å². The number of likely N-dealkylation sites (tertiary alicyclic amines) is 1. The van der Waals surface area contributed by atoms with Gasteiger partial charge in [0, 0.05) is 19.6 Å². The molecule has 0 aliphatic carbocycles. The van der Waals surface area contributed by atoms with E-state index in [9.17, 15) is 4.79 Å². The van der Waals surface area contributed by atoms with E-state index in [0.29, 0.717) is 11.8 Å². The highest BCUT2D eigenvalue weighted by Crippen LogP contribution is 2.23. The van der Waals surface area contributed by atoms with Crippen LogP contribution in [-0.2, 0) is 9.53 Å². The van der Waals surface area contributed by atoms with Crippen LogP contribution in [0, 0.1) is 11.8 Å². The van der Waals surface area contributed by atoms with Crippen molar-refractivity contribution in [1.82, 2.24) is 10.2 Å². The Bertz CT molecular complexity index is 262. The lowest BCUT2D eigenvalue weighted by atomic mass is 9.95. The topological polar surface area (TPSA) is 41.6 Å². The van der Waals surface area contributed by atoms with Gasteiger partial charge >= 0.3 is 0 Å². The predicted molar refractivity (Wildman–Crippen MR) is 66.8 cm³/mol. The summed E-state index contributed by atoms with van der Waals surface area (Å²) in [6.45, 7) is 8.46. The molecule has 2 heterocycles. The molecule has 0 bridgehead atoms. The molecule has 2 aliphatic heterocycles. The fourth-order valence-electron chi connectivity index (χ4n) is 2.61. The third kappa shape index (κ3) is 3.42. The van der Waals surface area contributed by atoms with Gasteiger partial charge < -0.3 is 15.0 Å². The van der Waals surface area contributed by atoms with Gasteiger partial charge in [-0.2, -0.15) is 0 Å². The lowest BCUT2D eigenvalue weighted by Gasteiger charge is -2.19. The molecular weight excluding hydrogens is 216 g/mol. The minimum atomic E-state index is 0.167. The van der Waals surface area contributed by atoms with E-state index in [2.05, 4.69) is 19.2 Å². The summed E-state index contributed by atoms with van der Waals surface area (Å²) >= 11 is 0. The molecule has 2 rings (SSSR count). The molecule has 0 aromatic heterocycles. The Kier molecular flexibility index (Phi) is 4.40. The Morgan fingerprint density at radius 2 is 2.29 bits per heavy atom. The molecule has 2 saturated heterocycles. The van der Waals surface area contributed by atoms with E-state index in [4.69, 9.17) is 4.74 Å². The molecule has 2 atom stereocenters. The highest BCUT2D eigenvalue weighted by molar-refractivity contribution is 5.77. The van der Waals surface area contributed by atoms with Crippen molar-refractivity contribution in [2.24, 2.45) is 11.8 Å². The number of rotatable bonds is 4. The van der Waals surface area contributed by atoms with Crippen LogP contribution < -0.4 is 5.32 Å². The molecule has 0 spiro atoms. The maximum atomic E-state index is 12.0. The molecule has 17 heavy (non-hydrogen) atoms. The number of nitrogens with zero attached hydrogens (tertiary/aromatic N) is 1. The van der Waals surface area contributed by atoms with Gasteiger partial charge in [-0.05, 0) is 31.2 Å². The first-order valence-electron chi connectivity index (χ1n) is 6.77. The van der Waals surface area contributed by atoms with Gasteiger partial charge in [0.2, 0.25) is 5.91 Å². The lowest BCUT2D eigenvalue weighted by Crippen LogP contribution is -2.34. The van der Waals surface area contributed by atoms with Crippen LogP contribution in [0.4, 0.5) is 0 Å². The third-order valence-corrected chi connectivity index (χ3v) is 3.98. The molecule has 2 unspecified atom stereocenters. The fourth-order valence-corrected chi connectivity index (χ4v) is 2.61. The first-order chi connectivity index (χ1) is 8.16. The summed E-state index contributed by atoms with van der Waals surface area (Å²) in [7, 11) is 0. The Balaban J connectivity index is 1.69. The van der Waals surface area contributed by atoms with Crippen molar-refractivity contribution in [2.45, 2.75) is 32.8 Å². The van der Waals surface area contributed by atoms with Gasteiger partial charge in [0.15, 0.2) is 0 Å². The van der Waals surface area contributed by atoms with Crippen molar-refractivity contribution in [3.8, 4) is 0 Å². The second kappa shape index (κ2) is 5.83. The minimum Gasteiger partial charge on any atom is -0.367 e. The normalized spacial score (nSPS) is 29.2. The van der Waals surface area contributed by atoms with Crippen molar-refractivity contribution < 1.29 is 9.53 Å². The van der Waals surface area contributed by atoms with E-state index >= 15 is 0 Å². The number of carbonyl (C=O) groups is 1. The molecule has 98 valence electrons. The number of ether oxygens (including phenoxy) is 1. The SMILES string of the molecule is CC(C)C1CCN(C(=O)COC2CCNC2)C1. The molecule has 0 aromatic carbocycles. The molecular formula is C13H24N2O2. The fraction of sp³-hybridized carbons (Fsp3) is 0.923. The molecule has 1 amide bonds. The number of nitrogens with one attached hydrogen (secondary N) is 1. The summed E-state index contributed by atoms with van der Waals surface area (Å²) in [5.41, 5.74) is 0. The smallest absolute Gasteiger partial charge is 0.248 e. The van der Waals surface area contributed by atoms with E-state index in [1.807, 2.05) is 4.90 Å². The van der Waals surface area contributed by atoms with Crippen LogP contribution in [-0.4, -0.2) is 49.7 Å².